The molecule has 0 radical (unpaired) electrons. The normalized spacial score (nSPS) is 33.2. The summed E-state index contributed by atoms with van der Waals surface area (Å²) in [6, 6.07) is 11.6. The molecule has 2 fully saturated rings. The van der Waals surface area contributed by atoms with Crippen molar-refractivity contribution in [3.63, 3.8) is 0 Å². The molecule has 7 heteroatoms. The van der Waals surface area contributed by atoms with Crippen LogP contribution in [0, 0.1) is 11.8 Å². The van der Waals surface area contributed by atoms with E-state index in [4.69, 9.17) is 18.9 Å². The number of benzene rings is 1. The molecule has 1 aromatic carbocycles. The van der Waals surface area contributed by atoms with Crippen LogP contribution in [0.4, 0.5) is 0 Å². The van der Waals surface area contributed by atoms with E-state index in [2.05, 4.69) is 75.1 Å². The Morgan fingerprint density at radius 2 is 1.64 bits per heavy atom. The first kappa shape index (κ1) is 32.4. The first-order valence-corrected chi connectivity index (χ1v) is 19.1. The maximum atomic E-state index is 13.4. The fraction of sp³-hybridized carbons (Fsp3) is 0.600. The van der Waals surface area contributed by atoms with Gasteiger partial charge in [0, 0.05) is 18.4 Å². The Morgan fingerprint density at radius 1 is 0.952 bits per heavy atom. The second-order valence-electron chi connectivity index (χ2n) is 13.3. The summed E-state index contributed by atoms with van der Waals surface area (Å²) in [7, 11) is -0.353. The molecule has 6 nitrogen and oxygen atoms in total. The fourth-order valence-electron chi connectivity index (χ4n) is 6.47. The smallest absolute Gasteiger partial charge is 0.330 e. The third kappa shape index (κ3) is 10.4. The molecule has 1 aromatic rings. The Balaban J connectivity index is 1.56. The van der Waals surface area contributed by atoms with E-state index < -0.39 is 8.07 Å². The van der Waals surface area contributed by atoms with Crippen LogP contribution in [0.2, 0.25) is 13.1 Å². The van der Waals surface area contributed by atoms with Gasteiger partial charge in [-0.3, -0.25) is 4.79 Å². The average molecular weight is 595 g/mol. The van der Waals surface area contributed by atoms with E-state index in [0.29, 0.717) is 18.8 Å². The molecule has 0 amide bonds. The molecule has 7 atom stereocenters. The van der Waals surface area contributed by atoms with Crippen LogP contribution in [0.1, 0.15) is 70.8 Å². The summed E-state index contributed by atoms with van der Waals surface area (Å²) in [4.78, 5) is 25.5. The molecule has 2 saturated heterocycles. The molecule has 0 aromatic heterocycles. The van der Waals surface area contributed by atoms with Gasteiger partial charge in [0.25, 0.3) is 0 Å². The standard InChI is InChI=1S/C35H50O6Si/c1-25-14-15-26(2)33(16-17-42(4,5)24-27-10-7-6-8-11-27)41-35(37)23-32-20-28(21-34(36)38-3)19-31(40-32)22-30-13-9-12-29(18-25)39-30/h6-8,10-11,14-17,21,25-26,29-33H,9,12-13,18-20,22-24H2,1-5H3/b15-14-,17-16+,28-21-/t25-,26-,29+,30-,31+,32-,33-/m0/s1. The molecule has 0 unspecified atom stereocenters. The number of fused-ring (bicyclic) bond motifs is 4. The molecular formula is C35H50O6Si. The zero-order valence-corrected chi connectivity index (χ0v) is 27.1. The second kappa shape index (κ2) is 15.3. The van der Waals surface area contributed by atoms with Gasteiger partial charge < -0.3 is 18.9 Å². The number of allylic oxidation sites excluding steroid dienone is 1. The Morgan fingerprint density at radius 3 is 2.38 bits per heavy atom. The number of carbonyl (C=O) groups is 2. The van der Waals surface area contributed by atoms with Crippen LogP contribution < -0.4 is 0 Å². The van der Waals surface area contributed by atoms with Crippen molar-refractivity contribution in [2.24, 2.45) is 11.8 Å². The quantitative estimate of drug-likeness (QED) is 0.157. The maximum absolute atomic E-state index is 13.4. The van der Waals surface area contributed by atoms with Gasteiger partial charge in [0.2, 0.25) is 0 Å². The van der Waals surface area contributed by atoms with Gasteiger partial charge in [-0.1, -0.05) is 92.3 Å². The minimum absolute atomic E-state index is 0.0249. The van der Waals surface area contributed by atoms with Crippen molar-refractivity contribution >= 4 is 20.0 Å². The first-order chi connectivity index (χ1) is 20.1. The first-order valence-electron chi connectivity index (χ1n) is 15.8. The molecule has 3 aliphatic heterocycles. The highest BCUT2D eigenvalue weighted by molar-refractivity contribution is 6.81. The van der Waals surface area contributed by atoms with Crippen molar-refractivity contribution in [3.8, 4) is 0 Å². The van der Waals surface area contributed by atoms with Gasteiger partial charge in [0.1, 0.15) is 6.10 Å². The van der Waals surface area contributed by atoms with Gasteiger partial charge in [0.05, 0.1) is 46.0 Å². The Bertz CT molecular complexity index is 1130. The molecule has 0 saturated carbocycles. The fourth-order valence-corrected chi connectivity index (χ4v) is 8.59. The van der Waals surface area contributed by atoms with Crippen LogP contribution in [0.3, 0.4) is 0 Å². The number of hydrogen-bond acceptors (Lipinski definition) is 6. The average Bonchev–Trinajstić information content (AvgIpc) is 2.93. The van der Waals surface area contributed by atoms with Gasteiger partial charge in [0.15, 0.2) is 0 Å². The highest BCUT2D eigenvalue weighted by Crippen LogP contribution is 2.33. The zero-order valence-electron chi connectivity index (χ0n) is 26.1. The minimum Gasteiger partial charge on any atom is -0.466 e. The number of rotatable bonds is 5. The van der Waals surface area contributed by atoms with Crippen molar-refractivity contribution in [2.75, 3.05) is 7.11 Å². The van der Waals surface area contributed by atoms with Gasteiger partial charge in [-0.25, -0.2) is 4.79 Å². The van der Waals surface area contributed by atoms with Crippen LogP contribution in [0.15, 0.2) is 65.9 Å². The lowest BCUT2D eigenvalue weighted by molar-refractivity contribution is -0.154. The Labute approximate surface area is 253 Å². The van der Waals surface area contributed by atoms with E-state index >= 15 is 0 Å². The molecule has 42 heavy (non-hydrogen) atoms. The number of ether oxygens (including phenoxy) is 4. The summed E-state index contributed by atoms with van der Waals surface area (Å²) in [6.07, 6.45) is 14.0. The SMILES string of the molecule is COC(=O)/C=C1\C[C@H]2CC(=O)O[C@@H](/C=C/[Si](C)(C)Cc3ccccc3)[C@@H](C)/C=C\[C@H](C)C[C@H]3CCC[C@@H](C[C@@H](C1)O2)O3. The predicted octanol–water partition coefficient (Wildman–Crippen LogP) is 7.08. The summed E-state index contributed by atoms with van der Waals surface area (Å²) in [5, 5.41) is 0. The third-order valence-corrected chi connectivity index (χ3v) is 11.1. The number of methoxy groups -OCH3 is 1. The van der Waals surface area contributed by atoms with Gasteiger partial charge in [-0.15, -0.1) is 0 Å². The van der Waals surface area contributed by atoms with Gasteiger partial charge >= 0.3 is 11.9 Å². The lowest BCUT2D eigenvalue weighted by Crippen LogP contribution is -2.37. The minimum atomic E-state index is -1.74. The monoisotopic (exact) mass is 594 g/mol. The second-order valence-corrected chi connectivity index (χ2v) is 18.0. The topological polar surface area (TPSA) is 71.1 Å². The molecule has 0 spiro atoms. The Hall–Kier alpha value is -2.48. The summed E-state index contributed by atoms with van der Waals surface area (Å²) < 4.78 is 24.1. The van der Waals surface area contributed by atoms with E-state index in [9.17, 15) is 9.59 Å². The van der Waals surface area contributed by atoms with Gasteiger partial charge in [-0.2, -0.15) is 0 Å². The molecule has 230 valence electrons. The van der Waals surface area contributed by atoms with E-state index in [1.54, 1.807) is 6.08 Å². The summed E-state index contributed by atoms with van der Waals surface area (Å²) in [5.74, 6) is -0.259. The summed E-state index contributed by atoms with van der Waals surface area (Å²) >= 11 is 0. The van der Waals surface area contributed by atoms with Crippen molar-refractivity contribution in [2.45, 2.75) is 115 Å². The zero-order chi connectivity index (χ0) is 30.1. The van der Waals surface area contributed by atoms with Crippen LogP contribution in [-0.4, -0.2) is 57.6 Å². The van der Waals surface area contributed by atoms with Crippen molar-refractivity contribution in [1.29, 1.82) is 0 Å². The summed E-state index contributed by atoms with van der Waals surface area (Å²) in [6.45, 7) is 9.06. The number of carbonyl (C=O) groups excluding carboxylic acids is 2. The third-order valence-electron chi connectivity index (χ3n) is 8.65. The molecule has 0 N–H and O–H groups in total. The molecule has 3 heterocycles. The van der Waals surface area contributed by atoms with Crippen LogP contribution in [0.25, 0.3) is 0 Å². The molecule has 0 aliphatic carbocycles. The largest absolute Gasteiger partial charge is 0.466 e. The van der Waals surface area contributed by atoms with E-state index in [1.165, 1.54) is 12.7 Å². The molecule has 4 bridgehead atoms. The van der Waals surface area contributed by atoms with Crippen molar-refractivity contribution in [3.05, 3.63) is 71.5 Å². The Kier molecular flexibility index (Phi) is 11.8. The number of esters is 2. The molecule has 3 aliphatic rings. The van der Waals surface area contributed by atoms with Crippen LogP contribution in [0.5, 0.6) is 0 Å². The molecular weight excluding hydrogens is 544 g/mol. The van der Waals surface area contributed by atoms with Crippen molar-refractivity contribution in [1.82, 2.24) is 0 Å². The van der Waals surface area contributed by atoms with E-state index in [0.717, 1.165) is 43.7 Å². The van der Waals surface area contributed by atoms with Crippen LogP contribution in [-0.2, 0) is 34.6 Å². The highest BCUT2D eigenvalue weighted by Gasteiger charge is 2.33. The lowest BCUT2D eigenvalue weighted by Gasteiger charge is -2.37. The summed E-state index contributed by atoms with van der Waals surface area (Å²) in [5.41, 5.74) is 4.62. The van der Waals surface area contributed by atoms with E-state index in [-0.39, 0.29) is 54.8 Å². The van der Waals surface area contributed by atoms with Crippen molar-refractivity contribution < 1.29 is 28.5 Å². The lowest BCUT2D eigenvalue weighted by atomic mass is 9.89. The number of cyclic esters (lactones) is 1. The maximum Gasteiger partial charge on any atom is 0.330 e. The predicted molar refractivity (Wildman–Crippen MR) is 168 cm³/mol. The van der Waals surface area contributed by atoms with Crippen LogP contribution >= 0.6 is 0 Å². The highest BCUT2D eigenvalue weighted by atomic mass is 28.3. The molecule has 4 rings (SSSR count). The number of hydrogen-bond donors (Lipinski definition) is 0. The van der Waals surface area contributed by atoms with E-state index in [1.807, 2.05) is 6.07 Å². The van der Waals surface area contributed by atoms with Gasteiger partial charge in [-0.05, 0) is 50.5 Å².